The van der Waals surface area contributed by atoms with Crippen LogP contribution in [-0.4, -0.2) is 35.6 Å². The van der Waals surface area contributed by atoms with Gasteiger partial charge in [0, 0.05) is 24.3 Å². The van der Waals surface area contributed by atoms with Gasteiger partial charge < -0.3 is 15.0 Å². The lowest BCUT2D eigenvalue weighted by Gasteiger charge is -2.27. The van der Waals surface area contributed by atoms with Crippen LogP contribution in [0.5, 0.6) is 0 Å². The Bertz CT molecular complexity index is 740. The Balaban J connectivity index is 1.98. The van der Waals surface area contributed by atoms with Crippen molar-refractivity contribution >= 4 is 17.7 Å². The zero-order valence-electron chi connectivity index (χ0n) is 14.2. The minimum absolute atomic E-state index is 0.0708. The second-order valence-electron chi connectivity index (χ2n) is 7.41. The van der Waals surface area contributed by atoms with Crippen LogP contribution in [0.1, 0.15) is 38.3 Å². The minimum atomic E-state index is -4.58. The fourth-order valence-electron chi connectivity index (χ4n) is 3.45. The van der Waals surface area contributed by atoms with Gasteiger partial charge in [0.15, 0.2) is 0 Å². The monoisotopic (exact) mass is 356 g/mol. The predicted molar refractivity (Wildman–Crippen MR) is 84.2 cm³/mol. The van der Waals surface area contributed by atoms with E-state index in [9.17, 15) is 22.8 Å². The molecular formula is C17H19F3N2O3. The lowest BCUT2D eigenvalue weighted by Crippen LogP contribution is -2.41. The molecule has 3 rings (SSSR count). The molecule has 1 saturated heterocycles. The number of benzene rings is 1. The number of alkyl halides is 3. The molecule has 1 aromatic carbocycles. The Morgan fingerprint density at radius 1 is 1.28 bits per heavy atom. The highest BCUT2D eigenvalue weighted by Gasteiger charge is 2.56. The summed E-state index contributed by atoms with van der Waals surface area (Å²) in [4.78, 5) is 26.1. The first kappa shape index (κ1) is 17.6. The number of rotatable bonds is 0. The topological polar surface area (TPSA) is 58.6 Å². The number of hydrogen-bond acceptors (Lipinski definition) is 3. The summed E-state index contributed by atoms with van der Waals surface area (Å²) in [5, 5.41) is 2.53. The highest BCUT2D eigenvalue weighted by atomic mass is 19.4. The van der Waals surface area contributed by atoms with Crippen LogP contribution in [-0.2, 0) is 21.1 Å². The number of likely N-dealkylation sites (tertiary alicyclic amines) is 1. The van der Waals surface area contributed by atoms with E-state index < -0.39 is 34.8 Å². The molecule has 0 saturated carbocycles. The van der Waals surface area contributed by atoms with E-state index in [1.54, 1.807) is 20.8 Å². The van der Waals surface area contributed by atoms with E-state index in [0.29, 0.717) is 0 Å². The fraction of sp³-hybridized carbons (Fsp3) is 0.529. The predicted octanol–water partition coefficient (Wildman–Crippen LogP) is 3.54. The molecule has 8 heteroatoms. The summed E-state index contributed by atoms with van der Waals surface area (Å²) >= 11 is 0. The number of halogens is 3. The number of nitrogens with one attached hydrogen (secondary N) is 1. The molecule has 136 valence electrons. The van der Waals surface area contributed by atoms with Crippen LogP contribution < -0.4 is 5.32 Å². The van der Waals surface area contributed by atoms with Crippen molar-refractivity contribution in [3.63, 3.8) is 0 Å². The number of carbonyl (C=O) groups is 2. The van der Waals surface area contributed by atoms with Gasteiger partial charge in [0.1, 0.15) is 5.60 Å². The van der Waals surface area contributed by atoms with Crippen LogP contribution in [0.25, 0.3) is 0 Å². The molecule has 25 heavy (non-hydrogen) atoms. The Morgan fingerprint density at radius 3 is 2.56 bits per heavy atom. The van der Waals surface area contributed by atoms with Crippen LogP contribution in [0.2, 0.25) is 0 Å². The van der Waals surface area contributed by atoms with E-state index in [0.717, 1.165) is 6.07 Å². The molecule has 0 radical (unpaired) electrons. The Morgan fingerprint density at radius 2 is 1.96 bits per heavy atom. The molecular weight excluding hydrogens is 337 g/mol. The molecule has 2 amide bonds. The Kier molecular flexibility index (Phi) is 3.78. The molecule has 1 N–H and O–H groups in total. The molecule has 1 atom stereocenters. The molecule has 2 heterocycles. The van der Waals surface area contributed by atoms with Crippen LogP contribution in [0.15, 0.2) is 18.2 Å². The van der Waals surface area contributed by atoms with E-state index >= 15 is 0 Å². The van der Waals surface area contributed by atoms with Gasteiger partial charge in [-0.25, -0.2) is 4.79 Å². The standard InChI is InChI=1S/C17H19F3N2O3/c1-15(2,3)25-14(24)22-8-7-16(9-22)12-10(17(18,19)20)5-4-6-11(12)21-13(16)23/h4-6H,7-9H2,1-3H3,(H,21,23)/t16-/m1/s1. The molecule has 1 spiro atoms. The molecule has 0 aliphatic carbocycles. The number of nitrogens with zero attached hydrogens (tertiary/aromatic N) is 1. The first-order valence-corrected chi connectivity index (χ1v) is 7.94. The van der Waals surface area contributed by atoms with Crippen LogP contribution in [0.4, 0.5) is 23.7 Å². The maximum absolute atomic E-state index is 13.4. The Labute approximate surface area is 143 Å². The third-order valence-corrected chi connectivity index (χ3v) is 4.45. The van der Waals surface area contributed by atoms with Gasteiger partial charge in [-0.1, -0.05) is 6.07 Å². The smallest absolute Gasteiger partial charge is 0.416 e. The summed E-state index contributed by atoms with van der Waals surface area (Å²) in [5.74, 6) is -0.509. The van der Waals surface area contributed by atoms with Gasteiger partial charge >= 0.3 is 12.3 Å². The number of carbonyl (C=O) groups excluding carboxylic acids is 2. The summed E-state index contributed by atoms with van der Waals surface area (Å²) in [6.45, 7) is 5.14. The van der Waals surface area contributed by atoms with Crippen molar-refractivity contribution in [2.45, 2.75) is 44.4 Å². The van der Waals surface area contributed by atoms with E-state index in [2.05, 4.69) is 5.32 Å². The quantitative estimate of drug-likeness (QED) is 0.774. The fourth-order valence-corrected chi connectivity index (χ4v) is 3.45. The largest absolute Gasteiger partial charge is 0.444 e. The highest BCUT2D eigenvalue weighted by Crippen LogP contribution is 2.49. The van der Waals surface area contributed by atoms with Gasteiger partial charge in [-0.05, 0) is 39.3 Å². The van der Waals surface area contributed by atoms with Gasteiger partial charge in [0.25, 0.3) is 0 Å². The van der Waals surface area contributed by atoms with Crippen LogP contribution in [0, 0.1) is 0 Å². The van der Waals surface area contributed by atoms with Gasteiger partial charge in [-0.2, -0.15) is 13.2 Å². The summed E-state index contributed by atoms with van der Waals surface area (Å²) in [5.41, 5.74) is -2.86. The van der Waals surface area contributed by atoms with Crippen molar-refractivity contribution in [3.8, 4) is 0 Å². The van der Waals surface area contributed by atoms with Crippen molar-refractivity contribution in [1.82, 2.24) is 4.90 Å². The first-order chi connectivity index (χ1) is 11.4. The number of ether oxygens (including phenoxy) is 1. The molecule has 2 aliphatic rings. The number of amides is 2. The average molecular weight is 356 g/mol. The molecule has 0 bridgehead atoms. The lowest BCUT2D eigenvalue weighted by atomic mass is 9.78. The summed E-state index contributed by atoms with van der Waals surface area (Å²) in [7, 11) is 0. The number of anilines is 1. The number of fused-ring (bicyclic) bond motifs is 2. The first-order valence-electron chi connectivity index (χ1n) is 7.94. The van der Waals surface area contributed by atoms with Gasteiger partial charge in [-0.15, -0.1) is 0 Å². The normalized spacial score (nSPS) is 23.0. The number of hydrogen-bond donors (Lipinski definition) is 1. The summed E-state index contributed by atoms with van der Waals surface area (Å²) in [6.07, 6.45) is -5.09. The van der Waals surface area contributed by atoms with E-state index in [1.165, 1.54) is 17.0 Å². The molecule has 5 nitrogen and oxygen atoms in total. The van der Waals surface area contributed by atoms with E-state index in [-0.39, 0.29) is 30.8 Å². The zero-order valence-corrected chi connectivity index (χ0v) is 14.2. The van der Waals surface area contributed by atoms with E-state index in [4.69, 9.17) is 4.74 Å². The van der Waals surface area contributed by atoms with Crippen molar-refractivity contribution in [2.24, 2.45) is 0 Å². The van der Waals surface area contributed by atoms with Gasteiger partial charge in [0.05, 0.1) is 11.0 Å². The molecule has 1 aromatic rings. The van der Waals surface area contributed by atoms with Crippen molar-refractivity contribution in [3.05, 3.63) is 29.3 Å². The summed E-state index contributed by atoms with van der Waals surface area (Å²) in [6, 6.07) is 3.69. The third kappa shape index (κ3) is 2.94. The second-order valence-corrected chi connectivity index (χ2v) is 7.41. The lowest BCUT2D eigenvalue weighted by molar-refractivity contribution is -0.138. The van der Waals surface area contributed by atoms with Crippen LogP contribution >= 0.6 is 0 Å². The van der Waals surface area contributed by atoms with Gasteiger partial charge in [-0.3, -0.25) is 4.79 Å². The third-order valence-electron chi connectivity index (χ3n) is 4.45. The minimum Gasteiger partial charge on any atom is -0.444 e. The molecule has 1 fully saturated rings. The van der Waals surface area contributed by atoms with E-state index in [1.807, 2.05) is 0 Å². The maximum atomic E-state index is 13.4. The zero-order chi connectivity index (χ0) is 18.6. The Hall–Kier alpha value is -2.25. The van der Waals surface area contributed by atoms with Crippen LogP contribution in [0.3, 0.4) is 0 Å². The SMILES string of the molecule is CC(C)(C)OC(=O)N1CC[C@]2(C1)C(=O)Nc1cccc(C(F)(F)F)c12. The van der Waals surface area contributed by atoms with Crippen molar-refractivity contribution in [2.75, 3.05) is 18.4 Å². The molecule has 0 unspecified atom stereocenters. The van der Waals surface area contributed by atoms with Gasteiger partial charge in [0.2, 0.25) is 5.91 Å². The molecule has 0 aromatic heterocycles. The highest BCUT2D eigenvalue weighted by molar-refractivity contribution is 6.07. The second kappa shape index (κ2) is 5.37. The maximum Gasteiger partial charge on any atom is 0.416 e. The van der Waals surface area contributed by atoms with Crippen molar-refractivity contribution < 1.29 is 27.5 Å². The molecule has 2 aliphatic heterocycles. The van der Waals surface area contributed by atoms with Crippen molar-refractivity contribution in [1.29, 1.82) is 0 Å². The summed E-state index contributed by atoms with van der Waals surface area (Å²) < 4.78 is 45.6. The average Bonchev–Trinajstić information content (AvgIpc) is 3.01.